The molecular weight excluding hydrogens is 455 g/mol. The number of aromatic nitrogens is 2. The van der Waals surface area contributed by atoms with Gasteiger partial charge in [0.25, 0.3) is 0 Å². The van der Waals surface area contributed by atoms with Crippen LogP contribution >= 0.6 is 23.2 Å². The maximum atomic E-state index is 13.0. The first-order valence-corrected chi connectivity index (χ1v) is 11.0. The van der Waals surface area contributed by atoms with Gasteiger partial charge in [-0.15, -0.1) is 0 Å². The zero-order chi connectivity index (χ0) is 23.3. The van der Waals surface area contributed by atoms with Crippen molar-refractivity contribution in [3.63, 3.8) is 0 Å². The highest BCUT2D eigenvalue weighted by Crippen LogP contribution is 2.19. The van der Waals surface area contributed by atoms with Crippen LogP contribution in [0.2, 0.25) is 10.3 Å². The molecule has 8 nitrogen and oxygen atoms in total. The van der Waals surface area contributed by atoms with E-state index < -0.39 is 23.7 Å². The number of nitrogens with zero attached hydrogens (tertiary/aromatic N) is 4. The Morgan fingerprint density at radius 3 is 2.22 bits per heavy atom. The van der Waals surface area contributed by atoms with E-state index in [0.29, 0.717) is 29.9 Å². The quantitative estimate of drug-likeness (QED) is 0.472. The van der Waals surface area contributed by atoms with Crippen LogP contribution < -0.4 is 0 Å². The number of esters is 1. The predicted molar refractivity (Wildman–Crippen MR) is 120 cm³/mol. The summed E-state index contributed by atoms with van der Waals surface area (Å²) in [6.07, 6.45) is 2.77. The second-order valence-corrected chi connectivity index (χ2v) is 9.27. The highest BCUT2D eigenvalue weighted by molar-refractivity contribution is 6.29. The van der Waals surface area contributed by atoms with Gasteiger partial charge in [-0.25, -0.2) is 14.8 Å². The predicted octanol–water partition coefficient (Wildman–Crippen LogP) is 3.95. The first-order valence-electron chi connectivity index (χ1n) is 10.2. The number of rotatable bonds is 5. The van der Waals surface area contributed by atoms with Crippen LogP contribution in [0, 0.1) is 0 Å². The zero-order valence-electron chi connectivity index (χ0n) is 18.3. The van der Waals surface area contributed by atoms with Crippen molar-refractivity contribution in [3.05, 3.63) is 58.1 Å². The van der Waals surface area contributed by atoms with Crippen molar-refractivity contribution in [1.82, 2.24) is 19.8 Å². The van der Waals surface area contributed by atoms with E-state index >= 15 is 0 Å². The molecule has 1 amide bonds. The van der Waals surface area contributed by atoms with E-state index in [1.54, 1.807) is 51.4 Å². The first-order chi connectivity index (χ1) is 15.1. The average Bonchev–Trinajstić information content (AvgIpc) is 2.73. The Balaban J connectivity index is 1.71. The van der Waals surface area contributed by atoms with Crippen LogP contribution in [0.1, 0.15) is 31.9 Å². The Labute approximate surface area is 197 Å². The van der Waals surface area contributed by atoms with E-state index in [-0.39, 0.29) is 13.2 Å². The Bertz CT molecular complexity index is 932. The second kappa shape index (κ2) is 10.5. The first kappa shape index (κ1) is 24.2. The normalized spacial score (nSPS) is 17.2. The summed E-state index contributed by atoms with van der Waals surface area (Å²) in [5.41, 5.74) is 0.997. The lowest BCUT2D eigenvalue weighted by molar-refractivity contribution is -0.154. The molecule has 2 aromatic heterocycles. The summed E-state index contributed by atoms with van der Waals surface area (Å²) in [5, 5.41) is 0.763. The summed E-state index contributed by atoms with van der Waals surface area (Å²) in [6, 6.07) is 6.28. The van der Waals surface area contributed by atoms with Crippen LogP contribution in [0.5, 0.6) is 0 Å². The Kier molecular flexibility index (Phi) is 7.92. The fourth-order valence-corrected chi connectivity index (χ4v) is 3.43. The van der Waals surface area contributed by atoms with Crippen LogP contribution in [0.15, 0.2) is 36.7 Å². The third-order valence-corrected chi connectivity index (χ3v) is 5.21. The largest absolute Gasteiger partial charge is 0.460 e. The molecule has 0 spiro atoms. The molecule has 0 bridgehead atoms. The van der Waals surface area contributed by atoms with Crippen molar-refractivity contribution in [2.24, 2.45) is 0 Å². The molecule has 0 saturated carbocycles. The zero-order valence-corrected chi connectivity index (χ0v) is 19.8. The van der Waals surface area contributed by atoms with E-state index in [9.17, 15) is 9.59 Å². The van der Waals surface area contributed by atoms with E-state index in [1.165, 1.54) is 4.90 Å². The Morgan fingerprint density at radius 2 is 1.66 bits per heavy atom. The number of halogens is 2. The summed E-state index contributed by atoms with van der Waals surface area (Å²) >= 11 is 11.7. The van der Waals surface area contributed by atoms with Gasteiger partial charge in [-0.3, -0.25) is 9.69 Å². The molecule has 172 valence electrons. The molecule has 0 radical (unpaired) electrons. The number of carbonyl (C=O) groups excluding carboxylic acids is 2. The van der Waals surface area contributed by atoms with Crippen molar-refractivity contribution < 1.29 is 19.1 Å². The van der Waals surface area contributed by atoms with Gasteiger partial charge >= 0.3 is 12.1 Å². The highest BCUT2D eigenvalue weighted by Gasteiger charge is 2.37. The van der Waals surface area contributed by atoms with E-state index in [4.69, 9.17) is 32.7 Å². The highest BCUT2D eigenvalue weighted by atomic mass is 35.5. The monoisotopic (exact) mass is 480 g/mol. The average molecular weight is 481 g/mol. The molecule has 1 fully saturated rings. The smallest absolute Gasteiger partial charge is 0.410 e. The number of ether oxygens (including phenoxy) is 2. The van der Waals surface area contributed by atoms with Gasteiger partial charge in [0.15, 0.2) is 0 Å². The minimum atomic E-state index is -0.660. The van der Waals surface area contributed by atoms with Crippen molar-refractivity contribution in [2.45, 2.75) is 45.6 Å². The van der Waals surface area contributed by atoms with E-state index in [1.807, 2.05) is 11.0 Å². The third-order valence-electron chi connectivity index (χ3n) is 4.76. The minimum absolute atomic E-state index is 0.0578. The summed E-state index contributed by atoms with van der Waals surface area (Å²) in [6.45, 7) is 7.01. The third kappa shape index (κ3) is 7.05. The lowest BCUT2D eigenvalue weighted by atomic mass is 10.1. The molecular formula is C22H26Cl2N4O4. The van der Waals surface area contributed by atoms with E-state index in [0.717, 1.165) is 11.1 Å². The van der Waals surface area contributed by atoms with E-state index in [2.05, 4.69) is 9.97 Å². The Hall–Kier alpha value is -2.42. The molecule has 2 aromatic rings. The van der Waals surface area contributed by atoms with Crippen molar-refractivity contribution in [1.29, 1.82) is 0 Å². The summed E-state index contributed by atoms with van der Waals surface area (Å²) in [5.74, 6) is -0.435. The molecule has 3 rings (SSSR count). The van der Waals surface area contributed by atoms with Crippen LogP contribution in [-0.2, 0) is 27.4 Å². The van der Waals surface area contributed by atoms with Crippen molar-refractivity contribution in [2.75, 3.05) is 19.6 Å². The number of piperazine rings is 1. The van der Waals surface area contributed by atoms with Gasteiger partial charge in [-0.05, 0) is 38.5 Å². The molecule has 0 aromatic carbocycles. The number of hydrogen-bond acceptors (Lipinski definition) is 7. The second-order valence-electron chi connectivity index (χ2n) is 8.50. The molecule has 1 atom stereocenters. The fourth-order valence-electron chi connectivity index (χ4n) is 3.20. The topological polar surface area (TPSA) is 84.9 Å². The standard InChI is InChI=1S/C22H26Cl2N4O4/c1-22(2,3)32-21(30)28-9-8-27(12-15-4-6-18(23)25-10-15)17(13-28)20(29)31-14-16-5-7-19(24)26-11-16/h4-7,10-11,17H,8-9,12-14H2,1-3H3. The maximum Gasteiger partial charge on any atom is 0.410 e. The molecule has 0 aliphatic carbocycles. The summed E-state index contributed by atoms with van der Waals surface area (Å²) in [4.78, 5) is 37.2. The molecule has 3 heterocycles. The summed E-state index contributed by atoms with van der Waals surface area (Å²) in [7, 11) is 0. The number of carbonyl (C=O) groups is 2. The van der Waals surface area contributed by atoms with Gasteiger partial charge < -0.3 is 14.4 Å². The van der Waals surface area contributed by atoms with Crippen molar-refractivity contribution >= 4 is 35.3 Å². The minimum Gasteiger partial charge on any atom is -0.460 e. The molecule has 0 N–H and O–H groups in total. The number of pyridine rings is 2. The molecule has 1 saturated heterocycles. The van der Waals surface area contributed by atoms with Crippen LogP contribution in [0.4, 0.5) is 4.79 Å². The fraction of sp³-hybridized carbons (Fsp3) is 0.455. The van der Waals surface area contributed by atoms with Gasteiger partial charge in [-0.2, -0.15) is 0 Å². The number of hydrogen-bond donors (Lipinski definition) is 0. The lowest BCUT2D eigenvalue weighted by Crippen LogP contribution is -2.58. The molecule has 10 heteroatoms. The summed E-state index contributed by atoms with van der Waals surface area (Å²) < 4.78 is 11.0. The van der Waals surface area contributed by atoms with Gasteiger partial charge in [0.05, 0.1) is 6.54 Å². The van der Waals surface area contributed by atoms with Gasteiger partial charge in [-0.1, -0.05) is 35.3 Å². The molecule has 1 aliphatic heterocycles. The number of amides is 1. The molecule has 1 unspecified atom stereocenters. The van der Waals surface area contributed by atoms with Crippen LogP contribution in [0.25, 0.3) is 0 Å². The molecule has 32 heavy (non-hydrogen) atoms. The van der Waals surface area contributed by atoms with Crippen LogP contribution in [0.3, 0.4) is 0 Å². The van der Waals surface area contributed by atoms with Crippen molar-refractivity contribution in [3.8, 4) is 0 Å². The Morgan fingerprint density at radius 1 is 1.03 bits per heavy atom. The van der Waals surface area contributed by atoms with Gasteiger partial charge in [0.1, 0.15) is 28.6 Å². The van der Waals surface area contributed by atoms with Gasteiger partial charge in [0, 0.05) is 37.6 Å². The lowest BCUT2D eigenvalue weighted by Gasteiger charge is -2.40. The van der Waals surface area contributed by atoms with Gasteiger partial charge in [0.2, 0.25) is 0 Å². The maximum absolute atomic E-state index is 13.0. The van der Waals surface area contributed by atoms with Crippen LogP contribution in [-0.4, -0.2) is 63.1 Å². The SMILES string of the molecule is CC(C)(C)OC(=O)N1CCN(Cc2ccc(Cl)nc2)C(C(=O)OCc2ccc(Cl)nc2)C1. The molecule has 1 aliphatic rings.